The van der Waals surface area contributed by atoms with Crippen LogP contribution in [0.5, 0.6) is 0 Å². The highest BCUT2D eigenvalue weighted by atomic mass is 16.4. The first-order valence-corrected chi connectivity index (χ1v) is 9.09. The molecular weight excluding hydrogens is 246 g/mol. The maximum absolute atomic E-state index is 9.01. The van der Waals surface area contributed by atoms with Gasteiger partial charge in [0.1, 0.15) is 0 Å². The molecule has 0 aromatic heterocycles. The zero-order valence-electron chi connectivity index (χ0n) is 13.6. The molecule has 0 aromatic rings. The first kappa shape index (κ1) is 17.5. The topological polar surface area (TPSA) is 32.6 Å². The third-order valence-electron chi connectivity index (χ3n) is 4.74. The summed E-state index contributed by atoms with van der Waals surface area (Å²) in [7, 11) is 0. The molecule has 0 bridgehead atoms. The number of hydrogen-bond donors (Lipinski definition) is 1. The largest absolute Gasteiger partial charge is 0.411 e. The highest BCUT2D eigenvalue weighted by Crippen LogP contribution is 2.26. The predicted molar refractivity (Wildman–Crippen MR) is 87.6 cm³/mol. The van der Waals surface area contributed by atoms with E-state index < -0.39 is 0 Å². The third kappa shape index (κ3) is 7.91. The molecule has 1 rings (SSSR count). The van der Waals surface area contributed by atoms with Gasteiger partial charge in [-0.2, -0.15) is 0 Å². The lowest BCUT2D eigenvalue weighted by molar-refractivity contribution is 0.307. The zero-order valence-corrected chi connectivity index (χ0v) is 13.6. The second-order valence-electron chi connectivity index (χ2n) is 6.50. The van der Waals surface area contributed by atoms with Crippen LogP contribution in [-0.4, -0.2) is 10.9 Å². The summed E-state index contributed by atoms with van der Waals surface area (Å²) >= 11 is 0. The molecule has 1 unspecified atom stereocenters. The van der Waals surface area contributed by atoms with Gasteiger partial charge >= 0.3 is 0 Å². The Labute approximate surface area is 126 Å². The van der Waals surface area contributed by atoms with Crippen molar-refractivity contribution < 1.29 is 5.21 Å². The monoisotopic (exact) mass is 281 g/mol. The Hall–Kier alpha value is -0.530. The number of oxime groups is 1. The van der Waals surface area contributed by atoms with Gasteiger partial charge in [-0.05, 0) is 25.7 Å². The molecule has 20 heavy (non-hydrogen) atoms. The fraction of sp³-hybridized carbons (Fsp3) is 0.944. The van der Waals surface area contributed by atoms with Gasteiger partial charge in [0.25, 0.3) is 0 Å². The van der Waals surface area contributed by atoms with Crippen molar-refractivity contribution in [1.29, 1.82) is 0 Å². The Morgan fingerprint density at radius 2 is 1.50 bits per heavy atom. The van der Waals surface area contributed by atoms with Crippen molar-refractivity contribution in [2.75, 3.05) is 0 Å². The molecule has 2 nitrogen and oxygen atoms in total. The van der Waals surface area contributed by atoms with Gasteiger partial charge in [0.15, 0.2) is 0 Å². The molecule has 0 aliphatic heterocycles. The lowest BCUT2D eigenvalue weighted by atomic mass is 9.84. The van der Waals surface area contributed by atoms with Gasteiger partial charge in [-0.25, -0.2) is 0 Å². The van der Waals surface area contributed by atoms with Crippen molar-refractivity contribution in [2.45, 2.75) is 103 Å². The summed E-state index contributed by atoms with van der Waals surface area (Å²) in [5, 5.41) is 12.5. The van der Waals surface area contributed by atoms with Crippen LogP contribution in [0.4, 0.5) is 0 Å². The summed E-state index contributed by atoms with van der Waals surface area (Å²) in [5.41, 5.74) is 1.08. The van der Waals surface area contributed by atoms with Gasteiger partial charge in [0.05, 0.1) is 5.71 Å². The van der Waals surface area contributed by atoms with E-state index in [1.807, 2.05) is 0 Å². The van der Waals surface area contributed by atoms with Crippen molar-refractivity contribution in [3.63, 3.8) is 0 Å². The smallest absolute Gasteiger partial charge is 0.0601 e. The van der Waals surface area contributed by atoms with E-state index in [1.165, 1.54) is 89.9 Å². The van der Waals surface area contributed by atoms with Gasteiger partial charge in [0, 0.05) is 5.92 Å². The molecule has 1 fully saturated rings. The summed E-state index contributed by atoms with van der Waals surface area (Å²) in [4.78, 5) is 0. The van der Waals surface area contributed by atoms with Crippen LogP contribution in [-0.2, 0) is 0 Å². The molecule has 0 amide bonds. The average molecular weight is 281 g/mol. The highest BCUT2D eigenvalue weighted by Gasteiger charge is 2.20. The Bertz CT molecular complexity index is 250. The van der Waals surface area contributed by atoms with Gasteiger partial charge in [-0.15, -0.1) is 0 Å². The van der Waals surface area contributed by atoms with E-state index in [9.17, 15) is 0 Å². The molecule has 1 aliphatic rings. The van der Waals surface area contributed by atoms with Crippen LogP contribution in [0.2, 0.25) is 0 Å². The molecule has 0 heterocycles. The van der Waals surface area contributed by atoms with Gasteiger partial charge in [-0.1, -0.05) is 82.7 Å². The van der Waals surface area contributed by atoms with E-state index in [2.05, 4.69) is 12.1 Å². The molecule has 0 aromatic carbocycles. The van der Waals surface area contributed by atoms with Crippen molar-refractivity contribution in [2.24, 2.45) is 11.1 Å². The SMILES string of the molecule is CCCCCCCCCCCCC1CCCC/C1=N/O. The van der Waals surface area contributed by atoms with Gasteiger partial charge in [0.2, 0.25) is 0 Å². The molecule has 2 heteroatoms. The van der Waals surface area contributed by atoms with E-state index in [0.717, 1.165) is 12.1 Å². The molecule has 1 N–H and O–H groups in total. The summed E-state index contributed by atoms with van der Waals surface area (Å²) in [6.45, 7) is 2.28. The minimum atomic E-state index is 0.586. The maximum atomic E-state index is 9.01. The number of nitrogens with zero attached hydrogens (tertiary/aromatic N) is 1. The number of unbranched alkanes of at least 4 members (excludes halogenated alkanes) is 9. The molecule has 1 saturated carbocycles. The first-order chi connectivity index (χ1) is 9.88. The molecule has 0 saturated heterocycles. The minimum absolute atomic E-state index is 0.586. The second kappa shape index (κ2) is 12.2. The minimum Gasteiger partial charge on any atom is -0.411 e. The Morgan fingerprint density at radius 3 is 2.10 bits per heavy atom. The van der Waals surface area contributed by atoms with Gasteiger partial charge < -0.3 is 5.21 Å². The van der Waals surface area contributed by atoms with Crippen LogP contribution in [0.3, 0.4) is 0 Å². The van der Waals surface area contributed by atoms with Crippen molar-refractivity contribution in [1.82, 2.24) is 0 Å². The second-order valence-corrected chi connectivity index (χ2v) is 6.50. The lowest BCUT2D eigenvalue weighted by Crippen LogP contribution is -2.19. The molecule has 118 valence electrons. The third-order valence-corrected chi connectivity index (χ3v) is 4.74. The van der Waals surface area contributed by atoms with Crippen LogP contribution in [0.1, 0.15) is 103 Å². The van der Waals surface area contributed by atoms with Crippen LogP contribution in [0, 0.1) is 5.92 Å². The number of rotatable bonds is 11. The standard InChI is InChI=1S/C18H35NO/c1-2-3-4-5-6-7-8-9-10-11-14-17-15-12-13-16-18(17)19-20/h17,20H,2-16H2,1H3/b19-18-. The van der Waals surface area contributed by atoms with E-state index >= 15 is 0 Å². The predicted octanol–water partition coefficient (Wildman–Crippen LogP) is 6.32. The van der Waals surface area contributed by atoms with Crippen molar-refractivity contribution in [3.05, 3.63) is 0 Å². The van der Waals surface area contributed by atoms with Crippen LogP contribution in [0.25, 0.3) is 0 Å². The number of hydrogen-bond acceptors (Lipinski definition) is 2. The highest BCUT2D eigenvalue weighted by molar-refractivity contribution is 5.86. The van der Waals surface area contributed by atoms with Crippen molar-refractivity contribution in [3.8, 4) is 0 Å². The average Bonchev–Trinajstić information content (AvgIpc) is 2.49. The summed E-state index contributed by atoms with van der Waals surface area (Å²) in [6, 6.07) is 0. The van der Waals surface area contributed by atoms with E-state index in [-0.39, 0.29) is 0 Å². The van der Waals surface area contributed by atoms with Crippen LogP contribution < -0.4 is 0 Å². The molecule has 1 aliphatic carbocycles. The molecule has 1 atom stereocenters. The Morgan fingerprint density at radius 1 is 0.900 bits per heavy atom. The quantitative estimate of drug-likeness (QED) is 0.268. The zero-order chi connectivity index (χ0) is 14.5. The van der Waals surface area contributed by atoms with Crippen LogP contribution in [0.15, 0.2) is 5.16 Å². The molecular formula is C18H35NO. The summed E-state index contributed by atoms with van der Waals surface area (Å²) in [6.07, 6.45) is 20.0. The van der Waals surface area contributed by atoms with E-state index in [1.54, 1.807) is 0 Å². The van der Waals surface area contributed by atoms with E-state index in [4.69, 9.17) is 5.21 Å². The van der Waals surface area contributed by atoms with Crippen LogP contribution >= 0.6 is 0 Å². The first-order valence-electron chi connectivity index (χ1n) is 9.09. The fourth-order valence-corrected chi connectivity index (χ4v) is 3.39. The molecule has 0 radical (unpaired) electrons. The maximum Gasteiger partial charge on any atom is 0.0601 e. The normalized spacial score (nSPS) is 21.4. The van der Waals surface area contributed by atoms with E-state index in [0.29, 0.717) is 5.92 Å². The fourth-order valence-electron chi connectivity index (χ4n) is 3.39. The molecule has 0 spiro atoms. The lowest BCUT2D eigenvalue weighted by Gasteiger charge is -2.22. The van der Waals surface area contributed by atoms with Gasteiger partial charge in [-0.3, -0.25) is 0 Å². The summed E-state index contributed by atoms with van der Waals surface area (Å²) in [5.74, 6) is 0.586. The Balaban J connectivity index is 1.89. The summed E-state index contributed by atoms with van der Waals surface area (Å²) < 4.78 is 0. The Kier molecular flexibility index (Phi) is 10.7. The van der Waals surface area contributed by atoms with Crippen molar-refractivity contribution >= 4 is 5.71 Å².